The van der Waals surface area contributed by atoms with E-state index in [2.05, 4.69) is 10.1 Å². The van der Waals surface area contributed by atoms with Crippen LogP contribution in [0.15, 0.2) is 59.1 Å². The Morgan fingerprint density at radius 3 is 2.41 bits per heavy atom. The van der Waals surface area contributed by atoms with Crippen LogP contribution < -0.4 is 15.0 Å². The lowest BCUT2D eigenvalue weighted by Gasteiger charge is -2.39. The van der Waals surface area contributed by atoms with Gasteiger partial charge in [0.05, 0.1) is 10.6 Å². The smallest absolute Gasteiger partial charge is 0.387 e. The summed E-state index contributed by atoms with van der Waals surface area (Å²) in [6.07, 6.45) is 1.61. The van der Waals surface area contributed by atoms with E-state index in [0.717, 1.165) is 6.26 Å². The zero-order valence-electron chi connectivity index (χ0n) is 18.7. The van der Waals surface area contributed by atoms with Crippen molar-refractivity contribution in [2.45, 2.75) is 49.9 Å². The molecule has 0 aliphatic carbocycles. The molecule has 184 valence electrons. The summed E-state index contributed by atoms with van der Waals surface area (Å²) in [6, 6.07) is 9.73. The summed E-state index contributed by atoms with van der Waals surface area (Å²) >= 11 is 5.97. The molecule has 1 aliphatic heterocycles. The first-order valence-electron chi connectivity index (χ1n) is 10.3. The molecule has 2 aromatic carbocycles. The lowest BCUT2D eigenvalue weighted by atomic mass is 9.96. The fraction of sp³-hybridized carbons (Fsp3) is 0.348. The molecule has 0 saturated heterocycles. The number of carbonyl (C=O) groups excluding carboxylic acids is 1. The van der Waals surface area contributed by atoms with Crippen molar-refractivity contribution in [2.75, 3.05) is 16.5 Å². The van der Waals surface area contributed by atoms with E-state index >= 15 is 0 Å². The number of ether oxygens (including phenoxy) is 1. The molecule has 0 radical (unpaired) electrons. The van der Waals surface area contributed by atoms with Gasteiger partial charge < -0.3 is 15.0 Å². The predicted octanol–water partition coefficient (Wildman–Crippen LogP) is 5.58. The molecule has 0 bridgehead atoms. The molecular formula is C23H24ClF3N2O4S. The van der Waals surface area contributed by atoms with Crippen LogP contribution in [0.4, 0.5) is 24.5 Å². The highest BCUT2D eigenvalue weighted by Crippen LogP contribution is 2.45. The molecule has 0 aromatic heterocycles. The summed E-state index contributed by atoms with van der Waals surface area (Å²) in [4.78, 5) is 15.0. The third-order valence-electron chi connectivity index (χ3n) is 5.41. The third-order valence-corrected chi connectivity index (χ3v) is 6.78. The van der Waals surface area contributed by atoms with Gasteiger partial charge in [-0.25, -0.2) is 12.8 Å². The summed E-state index contributed by atoms with van der Waals surface area (Å²) in [7, 11) is -3.41. The molecule has 1 heterocycles. The zero-order valence-corrected chi connectivity index (χ0v) is 20.3. The molecule has 1 N–H and O–H groups in total. The van der Waals surface area contributed by atoms with E-state index in [1.165, 1.54) is 54.3 Å². The van der Waals surface area contributed by atoms with Crippen LogP contribution in [0.2, 0.25) is 5.02 Å². The molecule has 0 fully saturated rings. The first-order chi connectivity index (χ1) is 15.8. The number of carbonyl (C=O) groups is 1. The molecule has 3 rings (SSSR count). The molecule has 11 heteroatoms. The largest absolute Gasteiger partial charge is 0.433 e. The number of anilines is 2. The maximum Gasteiger partial charge on any atom is 0.387 e. The van der Waals surface area contributed by atoms with Crippen LogP contribution in [0.25, 0.3) is 0 Å². The number of nitrogens with one attached hydrogen (secondary N) is 1. The topological polar surface area (TPSA) is 75.7 Å². The van der Waals surface area contributed by atoms with Crippen molar-refractivity contribution in [1.82, 2.24) is 0 Å². The Morgan fingerprint density at radius 2 is 1.85 bits per heavy atom. The van der Waals surface area contributed by atoms with Gasteiger partial charge in [0.1, 0.15) is 11.7 Å². The minimum Gasteiger partial charge on any atom is -0.433 e. The summed E-state index contributed by atoms with van der Waals surface area (Å²) in [5.74, 6) is -0.756. The molecule has 1 aliphatic rings. The van der Waals surface area contributed by atoms with Crippen molar-refractivity contribution in [2.24, 2.45) is 0 Å². The third kappa shape index (κ3) is 5.67. The zero-order chi connectivity index (χ0) is 25.3. The van der Waals surface area contributed by atoms with Gasteiger partial charge in [0, 0.05) is 35.2 Å². The first-order valence-corrected chi connectivity index (χ1v) is 12.6. The molecule has 0 saturated carbocycles. The molecule has 1 amide bonds. The van der Waals surface area contributed by atoms with Gasteiger partial charge in [-0.15, -0.1) is 0 Å². The van der Waals surface area contributed by atoms with Gasteiger partial charge in [-0.1, -0.05) is 17.7 Å². The highest BCUT2D eigenvalue weighted by molar-refractivity contribution is 7.90. The van der Waals surface area contributed by atoms with Crippen molar-refractivity contribution in [3.63, 3.8) is 0 Å². The monoisotopic (exact) mass is 516 g/mol. The molecule has 2 aromatic rings. The standard InChI is InChI=1S/C23H24ClF3N2O4S/c1-14(25)12-17-10-11-23(2,21(30)28-16-5-7-18(8-6-16)34(3,31)32)29(17)19-9-4-15(24)13-20(19)33-22(26)27/h4-10,13-14,22H,11-12H2,1-3H3,(H,28,30)/t14-,23?/m1/s1. The lowest BCUT2D eigenvalue weighted by molar-refractivity contribution is -0.120. The lowest BCUT2D eigenvalue weighted by Crippen LogP contribution is -2.52. The van der Waals surface area contributed by atoms with E-state index in [4.69, 9.17) is 11.6 Å². The van der Waals surface area contributed by atoms with E-state index in [0.29, 0.717) is 11.4 Å². The van der Waals surface area contributed by atoms with E-state index in [1.807, 2.05) is 0 Å². The van der Waals surface area contributed by atoms with Crippen molar-refractivity contribution in [1.29, 1.82) is 0 Å². The van der Waals surface area contributed by atoms with E-state index < -0.39 is 34.1 Å². The average Bonchev–Trinajstić information content (AvgIpc) is 3.04. The summed E-state index contributed by atoms with van der Waals surface area (Å²) in [6.45, 7) is -0.183. The number of nitrogens with zero attached hydrogens (tertiary/aromatic N) is 1. The van der Waals surface area contributed by atoms with Crippen LogP contribution in [0.3, 0.4) is 0 Å². The van der Waals surface area contributed by atoms with Crippen molar-refractivity contribution in [3.05, 3.63) is 59.3 Å². The second-order valence-electron chi connectivity index (χ2n) is 8.23. The van der Waals surface area contributed by atoms with Gasteiger partial charge in [0.2, 0.25) is 0 Å². The normalized spacial score (nSPS) is 19.2. The number of benzene rings is 2. The fourth-order valence-corrected chi connectivity index (χ4v) is 4.60. The number of sulfone groups is 1. The number of rotatable bonds is 8. The number of hydrogen-bond acceptors (Lipinski definition) is 5. The number of halogens is 4. The molecular weight excluding hydrogens is 493 g/mol. The van der Waals surface area contributed by atoms with Crippen LogP contribution in [0, 0.1) is 0 Å². The molecule has 2 atom stereocenters. The van der Waals surface area contributed by atoms with E-state index in [1.54, 1.807) is 13.0 Å². The van der Waals surface area contributed by atoms with Crippen molar-refractivity contribution < 1.29 is 31.1 Å². The first kappa shape index (κ1) is 25.9. The summed E-state index contributed by atoms with van der Waals surface area (Å²) in [5.41, 5.74) is -0.417. The fourth-order valence-electron chi connectivity index (χ4n) is 3.81. The number of amides is 1. The maximum absolute atomic E-state index is 14.0. The number of hydrogen-bond donors (Lipinski definition) is 1. The summed E-state index contributed by atoms with van der Waals surface area (Å²) in [5, 5.41) is 2.88. The molecule has 6 nitrogen and oxygen atoms in total. The molecule has 1 unspecified atom stereocenters. The Morgan fingerprint density at radius 1 is 1.21 bits per heavy atom. The molecule has 0 spiro atoms. The van der Waals surface area contributed by atoms with Crippen LogP contribution in [-0.4, -0.2) is 38.9 Å². The second kappa shape index (κ2) is 9.87. The van der Waals surface area contributed by atoms with Crippen LogP contribution >= 0.6 is 11.6 Å². The number of alkyl halides is 3. The minimum atomic E-state index is -3.41. The Hall–Kier alpha value is -2.72. The van der Waals surface area contributed by atoms with Crippen LogP contribution in [0.1, 0.15) is 26.7 Å². The minimum absolute atomic E-state index is 0.0529. The second-order valence-corrected chi connectivity index (χ2v) is 10.7. The highest BCUT2D eigenvalue weighted by Gasteiger charge is 2.46. The average molecular weight is 517 g/mol. The van der Waals surface area contributed by atoms with Crippen LogP contribution in [0.5, 0.6) is 5.75 Å². The van der Waals surface area contributed by atoms with E-state index in [9.17, 15) is 26.4 Å². The molecule has 34 heavy (non-hydrogen) atoms. The van der Waals surface area contributed by atoms with Gasteiger partial charge in [-0.05, 0) is 56.7 Å². The van der Waals surface area contributed by atoms with Gasteiger partial charge >= 0.3 is 6.61 Å². The van der Waals surface area contributed by atoms with Gasteiger partial charge in [-0.2, -0.15) is 8.78 Å². The van der Waals surface area contributed by atoms with E-state index in [-0.39, 0.29) is 34.2 Å². The quantitative estimate of drug-likeness (QED) is 0.495. The van der Waals surface area contributed by atoms with Gasteiger partial charge in [0.25, 0.3) is 5.91 Å². The van der Waals surface area contributed by atoms with Crippen LogP contribution in [-0.2, 0) is 14.6 Å². The number of allylic oxidation sites excluding steroid dienone is 1. The Kier molecular flexibility index (Phi) is 7.52. The maximum atomic E-state index is 14.0. The predicted molar refractivity (Wildman–Crippen MR) is 125 cm³/mol. The Labute approximate surface area is 201 Å². The Balaban J connectivity index is 1.99. The van der Waals surface area contributed by atoms with Crippen molar-refractivity contribution in [3.8, 4) is 5.75 Å². The van der Waals surface area contributed by atoms with Crippen molar-refractivity contribution >= 4 is 38.7 Å². The highest BCUT2D eigenvalue weighted by atomic mass is 35.5. The van der Waals surface area contributed by atoms with Gasteiger partial charge in [-0.3, -0.25) is 4.79 Å². The van der Waals surface area contributed by atoms with Gasteiger partial charge in [0.15, 0.2) is 15.6 Å². The summed E-state index contributed by atoms with van der Waals surface area (Å²) < 4.78 is 68.2. The Bertz CT molecular complexity index is 1200. The SMILES string of the molecule is C[C@@H](F)CC1=CCC(C)(C(=O)Nc2ccc(S(C)(=O)=O)cc2)N1c1ccc(Cl)cc1OC(F)F.